The summed E-state index contributed by atoms with van der Waals surface area (Å²) in [7, 11) is 0. The second-order valence-electron chi connectivity index (χ2n) is 5.40. The Hall–Kier alpha value is -1.69. The summed E-state index contributed by atoms with van der Waals surface area (Å²) in [5.41, 5.74) is 1.81. The number of allylic oxidation sites excluding steroid dienone is 1. The molecule has 3 heteroatoms. The van der Waals surface area contributed by atoms with Gasteiger partial charge in [-0.1, -0.05) is 51.7 Å². The molecule has 120 valence electrons. The van der Waals surface area contributed by atoms with E-state index in [4.69, 9.17) is 0 Å². The molecule has 2 rings (SSSR count). The quantitative estimate of drug-likeness (QED) is 0.524. The van der Waals surface area contributed by atoms with Gasteiger partial charge in [0, 0.05) is 5.56 Å². The summed E-state index contributed by atoms with van der Waals surface area (Å²) < 4.78 is 36.3. The molecule has 1 saturated carbocycles. The van der Waals surface area contributed by atoms with Gasteiger partial charge in [0.25, 0.3) is 0 Å². The molecule has 0 aromatic heterocycles. The first kappa shape index (κ1) is 18.4. The first-order valence-corrected chi connectivity index (χ1v) is 7.89. The average Bonchev–Trinajstić information content (AvgIpc) is 2.55. The molecule has 0 atom stereocenters. The van der Waals surface area contributed by atoms with Gasteiger partial charge in [0.1, 0.15) is 0 Å². The summed E-state index contributed by atoms with van der Waals surface area (Å²) in [5.74, 6) is 3.94. The Bertz CT molecular complexity index is 534. The summed E-state index contributed by atoms with van der Waals surface area (Å²) in [6.07, 6.45) is 2.51. The molecule has 0 heterocycles. The van der Waals surface area contributed by atoms with Crippen molar-refractivity contribution in [2.24, 2.45) is 5.92 Å². The van der Waals surface area contributed by atoms with E-state index in [9.17, 15) is 13.2 Å². The number of halogens is 3. The highest BCUT2D eigenvalue weighted by molar-refractivity contribution is 5.40. The Balaban J connectivity index is 0.00000116. The summed E-state index contributed by atoms with van der Waals surface area (Å²) in [5, 5.41) is 0. The molecule has 22 heavy (non-hydrogen) atoms. The zero-order valence-corrected chi connectivity index (χ0v) is 13.4. The highest BCUT2D eigenvalue weighted by atomic mass is 19.3. The molecule has 1 aromatic rings. The first-order chi connectivity index (χ1) is 10.6. The van der Waals surface area contributed by atoms with Crippen molar-refractivity contribution in [2.75, 3.05) is 0 Å². The normalized spacial score (nSPS) is 20.1. The van der Waals surface area contributed by atoms with Crippen LogP contribution in [-0.4, -0.2) is 0 Å². The van der Waals surface area contributed by atoms with Crippen molar-refractivity contribution in [3.05, 3.63) is 47.3 Å². The van der Waals surface area contributed by atoms with Gasteiger partial charge in [-0.05, 0) is 48.3 Å². The van der Waals surface area contributed by atoms with Crippen LogP contribution in [0.3, 0.4) is 0 Å². The minimum Gasteiger partial charge on any atom is -0.191 e. The van der Waals surface area contributed by atoms with Crippen LogP contribution in [-0.2, 0) is 0 Å². The van der Waals surface area contributed by atoms with Crippen LogP contribution >= 0.6 is 0 Å². The van der Waals surface area contributed by atoms with Crippen molar-refractivity contribution in [3.8, 4) is 11.8 Å². The summed E-state index contributed by atoms with van der Waals surface area (Å²) in [4.78, 5) is 0. The zero-order chi connectivity index (χ0) is 16.5. The Morgan fingerprint density at radius 1 is 0.955 bits per heavy atom. The Morgan fingerprint density at radius 3 is 2.00 bits per heavy atom. The van der Waals surface area contributed by atoms with Gasteiger partial charge in [-0.2, -0.15) is 13.2 Å². The molecular weight excluding hydrogens is 285 g/mol. The molecule has 0 N–H and O–H groups in total. The van der Waals surface area contributed by atoms with Gasteiger partial charge in [-0.25, -0.2) is 0 Å². The lowest BCUT2D eigenvalue weighted by molar-refractivity contribution is 0.348. The molecule has 1 aromatic carbocycles. The third-order valence-electron chi connectivity index (χ3n) is 3.88. The van der Waals surface area contributed by atoms with Gasteiger partial charge in [-0.3, -0.25) is 0 Å². The lowest BCUT2D eigenvalue weighted by Crippen LogP contribution is -2.10. The van der Waals surface area contributed by atoms with Crippen LogP contribution in [0, 0.1) is 17.8 Å². The maximum atomic E-state index is 12.6. The molecule has 0 nitrogen and oxygen atoms in total. The number of hydrogen-bond donors (Lipinski definition) is 0. The van der Waals surface area contributed by atoms with Crippen molar-refractivity contribution in [1.82, 2.24) is 0 Å². The molecule has 0 unspecified atom stereocenters. The predicted octanol–water partition coefficient (Wildman–Crippen LogP) is 6.44. The van der Waals surface area contributed by atoms with E-state index in [-0.39, 0.29) is 0 Å². The van der Waals surface area contributed by atoms with E-state index in [2.05, 4.69) is 12.8 Å². The minimum absolute atomic E-state index is 0.550. The molecule has 0 amide bonds. The topological polar surface area (TPSA) is 0 Å². The predicted molar refractivity (Wildman–Crippen MR) is 85.4 cm³/mol. The molecule has 1 aliphatic rings. The van der Waals surface area contributed by atoms with Crippen LogP contribution in [0.2, 0.25) is 0 Å². The van der Waals surface area contributed by atoms with Crippen LogP contribution in [0.5, 0.6) is 0 Å². The summed E-state index contributed by atoms with van der Waals surface area (Å²) in [6, 6.07) is 7.48. The van der Waals surface area contributed by atoms with Crippen LogP contribution in [0.15, 0.2) is 36.2 Å². The second kappa shape index (κ2) is 9.35. The largest absolute Gasteiger partial charge is 0.314 e. The van der Waals surface area contributed by atoms with E-state index in [1.807, 2.05) is 31.9 Å². The van der Waals surface area contributed by atoms with Crippen LogP contribution in [0.4, 0.5) is 13.2 Å². The van der Waals surface area contributed by atoms with Crippen LogP contribution < -0.4 is 0 Å². The number of rotatable bonds is 1. The summed E-state index contributed by atoms with van der Waals surface area (Å²) >= 11 is 0. The molecule has 0 radical (unpaired) electrons. The van der Waals surface area contributed by atoms with Gasteiger partial charge < -0.3 is 0 Å². The SMILES string of the molecule is CC.CC1CCC(c2ccc(C#CC(F)=C(F)F)cc2)CC1. The van der Waals surface area contributed by atoms with Gasteiger partial charge in [0.05, 0.1) is 0 Å². The van der Waals surface area contributed by atoms with E-state index in [1.54, 1.807) is 12.1 Å². The monoisotopic (exact) mass is 308 g/mol. The Kier molecular flexibility index (Phi) is 7.80. The van der Waals surface area contributed by atoms with Crippen molar-refractivity contribution < 1.29 is 13.2 Å². The molecule has 0 saturated heterocycles. The van der Waals surface area contributed by atoms with Gasteiger partial charge in [0.15, 0.2) is 0 Å². The Labute approximate surface area is 131 Å². The van der Waals surface area contributed by atoms with Crippen molar-refractivity contribution in [1.29, 1.82) is 0 Å². The van der Waals surface area contributed by atoms with E-state index in [0.717, 1.165) is 5.92 Å². The summed E-state index contributed by atoms with van der Waals surface area (Å²) in [6.45, 7) is 6.28. The van der Waals surface area contributed by atoms with Crippen LogP contribution in [0.25, 0.3) is 0 Å². The first-order valence-electron chi connectivity index (χ1n) is 7.89. The van der Waals surface area contributed by atoms with Crippen molar-refractivity contribution >= 4 is 0 Å². The van der Waals surface area contributed by atoms with E-state index in [1.165, 1.54) is 31.2 Å². The molecule has 0 bridgehead atoms. The van der Waals surface area contributed by atoms with Gasteiger partial charge >= 0.3 is 6.08 Å². The fraction of sp³-hybridized carbons (Fsp3) is 0.474. The van der Waals surface area contributed by atoms with Crippen LogP contribution in [0.1, 0.15) is 63.5 Å². The number of hydrogen-bond acceptors (Lipinski definition) is 0. The zero-order valence-electron chi connectivity index (χ0n) is 13.4. The Morgan fingerprint density at radius 2 is 1.50 bits per heavy atom. The molecular formula is C19H23F3. The maximum absolute atomic E-state index is 12.6. The molecule has 1 fully saturated rings. The van der Waals surface area contributed by atoms with E-state index < -0.39 is 11.9 Å². The third-order valence-corrected chi connectivity index (χ3v) is 3.88. The fourth-order valence-corrected chi connectivity index (χ4v) is 2.61. The average molecular weight is 308 g/mol. The highest BCUT2D eigenvalue weighted by Gasteiger charge is 2.19. The van der Waals surface area contributed by atoms with Gasteiger partial charge in [-0.15, -0.1) is 0 Å². The highest BCUT2D eigenvalue weighted by Crippen LogP contribution is 2.35. The fourth-order valence-electron chi connectivity index (χ4n) is 2.61. The van der Waals surface area contributed by atoms with Crippen molar-refractivity contribution in [3.63, 3.8) is 0 Å². The molecule has 0 spiro atoms. The van der Waals surface area contributed by atoms with E-state index in [0.29, 0.717) is 11.5 Å². The smallest absolute Gasteiger partial charge is 0.191 e. The van der Waals surface area contributed by atoms with Crippen molar-refractivity contribution in [2.45, 2.75) is 52.4 Å². The minimum atomic E-state index is -2.37. The molecule has 0 aliphatic heterocycles. The lowest BCUT2D eigenvalue weighted by atomic mass is 9.79. The second-order valence-corrected chi connectivity index (χ2v) is 5.40. The lowest BCUT2D eigenvalue weighted by Gasteiger charge is -2.26. The maximum Gasteiger partial charge on any atom is 0.314 e. The van der Waals surface area contributed by atoms with Gasteiger partial charge in [0.2, 0.25) is 5.83 Å². The molecule has 1 aliphatic carbocycles. The number of benzene rings is 1. The standard InChI is InChI=1S/C17H17F3.C2H6/c1-12-2-7-14(8-3-12)15-9-4-13(5-10-15)6-11-16(18)17(19)20;1-2/h4-5,9-10,12,14H,2-3,7-8H2,1H3;1-2H3. The van der Waals surface area contributed by atoms with E-state index >= 15 is 0 Å². The third kappa shape index (κ3) is 5.60.